The van der Waals surface area contributed by atoms with Crippen molar-refractivity contribution in [3.05, 3.63) is 35.2 Å². The highest BCUT2D eigenvalue weighted by molar-refractivity contribution is 7.03. The molecule has 0 saturated carbocycles. The van der Waals surface area contributed by atoms with Gasteiger partial charge in [-0.1, -0.05) is 26.0 Å². The van der Waals surface area contributed by atoms with E-state index in [0.29, 0.717) is 5.92 Å². The van der Waals surface area contributed by atoms with Crippen molar-refractivity contribution in [3.63, 3.8) is 0 Å². The second-order valence-corrected chi connectivity index (χ2v) is 4.63. The average Bonchev–Trinajstić information content (AvgIpc) is 2.81. The van der Waals surface area contributed by atoms with Crippen LogP contribution < -0.4 is 4.74 Å². The molecule has 0 N–H and O–H groups in total. The Bertz CT molecular complexity index is 463. The Morgan fingerprint density at radius 2 is 2.06 bits per heavy atom. The van der Waals surface area contributed by atoms with Crippen LogP contribution in [0.15, 0.2) is 29.6 Å². The smallest absolute Gasteiger partial charge is 0.131 e. The van der Waals surface area contributed by atoms with Gasteiger partial charge in [0.2, 0.25) is 0 Å². The van der Waals surface area contributed by atoms with Crippen LogP contribution in [0.25, 0.3) is 11.3 Å². The Kier molecular flexibility index (Phi) is 3.25. The van der Waals surface area contributed by atoms with E-state index in [0.717, 1.165) is 17.0 Å². The summed E-state index contributed by atoms with van der Waals surface area (Å²) in [6.07, 6.45) is 0. The SMILES string of the molecule is COc1c(-c2ccsn2)cccc1C(C)C. The third-order valence-electron chi connectivity index (χ3n) is 2.59. The van der Waals surface area contributed by atoms with Crippen LogP contribution in [0.2, 0.25) is 0 Å². The standard InChI is InChI=1S/C13H15NOS/c1-9(2)10-5-4-6-11(13(10)15-3)12-7-8-16-14-12/h4-9H,1-3H3. The van der Waals surface area contributed by atoms with E-state index in [1.54, 1.807) is 7.11 Å². The zero-order chi connectivity index (χ0) is 11.5. The number of para-hydroxylation sites is 1. The fraction of sp³-hybridized carbons (Fsp3) is 0.308. The Balaban J connectivity index is 2.58. The number of aromatic nitrogens is 1. The van der Waals surface area contributed by atoms with Crippen molar-refractivity contribution >= 4 is 11.5 Å². The fourth-order valence-corrected chi connectivity index (χ4v) is 2.31. The van der Waals surface area contributed by atoms with Gasteiger partial charge in [-0.15, -0.1) is 0 Å². The molecule has 0 aliphatic rings. The molecule has 2 aromatic rings. The summed E-state index contributed by atoms with van der Waals surface area (Å²) in [4.78, 5) is 0. The molecule has 0 aliphatic heterocycles. The second-order valence-electron chi connectivity index (χ2n) is 3.97. The van der Waals surface area contributed by atoms with Gasteiger partial charge in [-0.05, 0) is 35.1 Å². The van der Waals surface area contributed by atoms with Gasteiger partial charge in [-0.2, -0.15) is 4.37 Å². The summed E-state index contributed by atoms with van der Waals surface area (Å²) in [5.74, 6) is 1.40. The summed E-state index contributed by atoms with van der Waals surface area (Å²) in [7, 11) is 1.72. The van der Waals surface area contributed by atoms with E-state index in [1.165, 1.54) is 17.1 Å². The number of hydrogen-bond donors (Lipinski definition) is 0. The van der Waals surface area contributed by atoms with Gasteiger partial charge in [0.05, 0.1) is 12.8 Å². The Labute approximate surface area is 100 Å². The molecule has 0 radical (unpaired) electrons. The van der Waals surface area contributed by atoms with Crippen molar-refractivity contribution in [1.29, 1.82) is 0 Å². The molecule has 0 bridgehead atoms. The Hall–Kier alpha value is -1.35. The van der Waals surface area contributed by atoms with E-state index in [9.17, 15) is 0 Å². The van der Waals surface area contributed by atoms with Crippen molar-refractivity contribution in [2.75, 3.05) is 7.11 Å². The van der Waals surface area contributed by atoms with Crippen LogP contribution in [-0.4, -0.2) is 11.5 Å². The molecular weight excluding hydrogens is 218 g/mol. The zero-order valence-corrected chi connectivity index (χ0v) is 10.5. The molecule has 0 atom stereocenters. The number of methoxy groups -OCH3 is 1. The van der Waals surface area contributed by atoms with Crippen LogP contribution in [0.1, 0.15) is 25.3 Å². The quantitative estimate of drug-likeness (QED) is 0.801. The minimum Gasteiger partial charge on any atom is -0.496 e. The highest BCUT2D eigenvalue weighted by atomic mass is 32.1. The minimum absolute atomic E-state index is 0.452. The number of ether oxygens (including phenoxy) is 1. The molecular formula is C13H15NOS. The highest BCUT2D eigenvalue weighted by Crippen LogP contribution is 2.36. The van der Waals surface area contributed by atoms with Gasteiger partial charge in [-0.3, -0.25) is 0 Å². The monoisotopic (exact) mass is 233 g/mol. The lowest BCUT2D eigenvalue weighted by atomic mass is 9.98. The molecule has 0 unspecified atom stereocenters. The summed E-state index contributed by atoms with van der Waals surface area (Å²) < 4.78 is 9.88. The molecule has 16 heavy (non-hydrogen) atoms. The van der Waals surface area contributed by atoms with Crippen molar-refractivity contribution in [1.82, 2.24) is 4.37 Å². The first-order chi connectivity index (χ1) is 7.74. The van der Waals surface area contributed by atoms with E-state index in [4.69, 9.17) is 4.74 Å². The van der Waals surface area contributed by atoms with Crippen LogP contribution >= 0.6 is 11.5 Å². The molecule has 1 heterocycles. The summed E-state index contributed by atoms with van der Waals surface area (Å²) in [6, 6.07) is 8.25. The van der Waals surface area contributed by atoms with Gasteiger partial charge in [0.1, 0.15) is 5.75 Å². The van der Waals surface area contributed by atoms with E-state index < -0.39 is 0 Å². The minimum atomic E-state index is 0.452. The second kappa shape index (κ2) is 4.66. The molecule has 0 spiro atoms. The Morgan fingerprint density at radius 1 is 1.25 bits per heavy atom. The summed E-state index contributed by atoms with van der Waals surface area (Å²) in [5.41, 5.74) is 3.30. The third kappa shape index (κ3) is 1.95. The van der Waals surface area contributed by atoms with E-state index in [2.05, 4.69) is 36.4 Å². The predicted octanol–water partition coefficient (Wildman–Crippen LogP) is 3.94. The molecule has 0 amide bonds. The summed E-state index contributed by atoms with van der Waals surface area (Å²) in [5, 5.41) is 1.98. The van der Waals surface area contributed by atoms with Crippen LogP contribution in [-0.2, 0) is 0 Å². The number of rotatable bonds is 3. The topological polar surface area (TPSA) is 22.1 Å². The maximum Gasteiger partial charge on any atom is 0.131 e. The first-order valence-corrected chi connectivity index (χ1v) is 6.15. The van der Waals surface area contributed by atoms with Crippen molar-refractivity contribution in [3.8, 4) is 17.0 Å². The van der Waals surface area contributed by atoms with Gasteiger partial charge in [-0.25, -0.2) is 0 Å². The molecule has 0 saturated heterocycles. The lowest BCUT2D eigenvalue weighted by Crippen LogP contribution is -1.96. The van der Waals surface area contributed by atoms with Crippen LogP contribution in [0.4, 0.5) is 0 Å². The molecule has 0 aliphatic carbocycles. The van der Waals surface area contributed by atoms with Crippen LogP contribution in [0, 0.1) is 0 Å². The van der Waals surface area contributed by atoms with Crippen LogP contribution in [0.3, 0.4) is 0 Å². The summed E-state index contributed by atoms with van der Waals surface area (Å²) >= 11 is 1.46. The average molecular weight is 233 g/mol. The predicted molar refractivity (Wildman–Crippen MR) is 68.2 cm³/mol. The lowest BCUT2D eigenvalue weighted by molar-refractivity contribution is 0.409. The number of nitrogens with zero attached hydrogens (tertiary/aromatic N) is 1. The van der Waals surface area contributed by atoms with Crippen LogP contribution in [0.5, 0.6) is 5.75 Å². The summed E-state index contributed by atoms with van der Waals surface area (Å²) in [6.45, 7) is 4.34. The largest absolute Gasteiger partial charge is 0.496 e. The highest BCUT2D eigenvalue weighted by Gasteiger charge is 2.13. The first-order valence-electron chi connectivity index (χ1n) is 5.31. The molecule has 0 fully saturated rings. The molecule has 3 heteroatoms. The lowest BCUT2D eigenvalue weighted by Gasteiger charge is -2.14. The molecule has 84 valence electrons. The van der Waals surface area contributed by atoms with Gasteiger partial charge in [0.15, 0.2) is 0 Å². The van der Waals surface area contributed by atoms with Gasteiger partial charge >= 0.3 is 0 Å². The fourth-order valence-electron chi connectivity index (χ4n) is 1.79. The maximum absolute atomic E-state index is 5.53. The number of benzene rings is 1. The molecule has 2 rings (SSSR count). The van der Waals surface area contributed by atoms with Crippen molar-refractivity contribution in [2.45, 2.75) is 19.8 Å². The van der Waals surface area contributed by atoms with Gasteiger partial charge < -0.3 is 4.74 Å². The van der Waals surface area contributed by atoms with E-state index >= 15 is 0 Å². The zero-order valence-electron chi connectivity index (χ0n) is 9.73. The molecule has 1 aromatic carbocycles. The van der Waals surface area contributed by atoms with Gasteiger partial charge in [0, 0.05) is 10.9 Å². The molecule has 1 aromatic heterocycles. The number of hydrogen-bond acceptors (Lipinski definition) is 3. The first kappa shape index (κ1) is 11.1. The molecule has 2 nitrogen and oxygen atoms in total. The normalized spacial score (nSPS) is 10.8. The van der Waals surface area contributed by atoms with E-state index in [1.807, 2.05) is 11.4 Å². The van der Waals surface area contributed by atoms with E-state index in [-0.39, 0.29) is 0 Å². The van der Waals surface area contributed by atoms with Crippen molar-refractivity contribution < 1.29 is 4.74 Å². The van der Waals surface area contributed by atoms with Gasteiger partial charge in [0.25, 0.3) is 0 Å². The Morgan fingerprint density at radius 3 is 2.62 bits per heavy atom. The van der Waals surface area contributed by atoms with Crippen molar-refractivity contribution in [2.24, 2.45) is 0 Å². The third-order valence-corrected chi connectivity index (χ3v) is 3.15. The maximum atomic E-state index is 5.53.